The molecule has 128 valence electrons. The first-order valence-corrected chi connectivity index (χ1v) is 8.34. The molecule has 0 atom stereocenters. The molecule has 0 aliphatic heterocycles. The Labute approximate surface area is 144 Å². The average molecular weight is 326 g/mol. The van der Waals surface area contributed by atoms with Gasteiger partial charge in [0.25, 0.3) is 0 Å². The number of nitrogens with one attached hydrogen (secondary N) is 2. The van der Waals surface area contributed by atoms with Crippen molar-refractivity contribution in [2.24, 2.45) is 4.99 Å². The highest BCUT2D eigenvalue weighted by Crippen LogP contribution is 2.14. The minimum absolute atomic E-state index is 0.352. The Morgan fingerprint density at radius 2 is 1.96 bits per heavy atom. The van der Waals surface area contributed by atoms with Crippen LogP contribution in [0.3, 0.4) is 0 Å². The molecule has 2 rings (SSSR count). The van der Waals surface area contributed by atoms with E-state index in [1.165, 1.54) is 0 Å². The van der Waals surface area contributed by atoms with E-state index in [0.717, 1.165) is 29.5 Å². The number of hydrogen-bond donors (Lipinski definition) is 2. The largest absolute Gasteiger partial charge is 0.487 e. The molecule has 5 nitrogen and oxygen atoms in total. The molecule has 0 aliphatic rings. The van der Waals surface area contributed by atoms with Crippen molar-refractivity contribution in [2.75, 3.05) is 6.54 Å². The monoisotopic (exact) mass is 326 g/mol. The lowest BCUT2D eigenvalue weighted by molar-refractivity contribution is 0.301. The maximum absolute atomic E-state index is 5.74. The predicted octanol–water partition coefficient (Wildman–Crippen LogP) is 3.12. The lowest BCUT2D eigenvalue weighted by atomic mass is 10.2. The molecular formula is C19H26N4O. The van der Waals surface area contributed by atoms with Gasteiger partial charge in [-0.3, -0.25) is 4.98 Å². The zero-order chi connectivity index (χ0) is 17.2. The van der Waals surface area contributed by atoms with Gasteiger partial charge in [0.15, 0.2) is 5.96 Å². The highest BCUT2D eigenvalue weighted by molar-refractivity contribution is 5.79. The maximum atomic E-state index is 5.74. The van der Waals surface area contributed by atoms with Crippen LogP contribution in [0.5, 0.6) is 5.75 Å². The summed E-state index contributed by atoms with van der Waals surface area (Å²) in [6.45, 7) is 8.20. The lowest BCUT2D eigenvalue weighted by Gasteiger charge is -2.14. The molecule has 5 heteroatoms. The van der Waals surface area contributed by atoms with E-state index in [-0.39, 0.29) is 0 Å². The Hall–Kier alpha value is -2.56. The van der Waals surface area contributed by atoms with Gasteiger partial charge in [-0.15, -0.1) is 0 Å². The van der Waals surface area contributed by atoms with Crippen LogP contribution in [0.4, 0.5) is 0 Å². The summed E-state index contributed by atoms with van der Waals surface area (Å²) in [7, 11) is 0. The quantitative estimate of drug-likeness (QED) is 0.606. The number of ether oxygens (including phenoxy) is 1. The minimum Gasteiger partial charge on any atom is -0.487 e. The molecule has 0 aliphatic carbocycles. The van der Waals surface area contributed by atoms with Gasteiger partial charge in [0.05, 0.1) is 12.2 Å². The van der Waals surface area contributed by atoms with Crippen LogP contribution in [0.25, 0.3) is 0 Å². The summed E-state index contributed by atoms with van der Waals surface area (Å²) in [5.41, 5.74) is 2.06. The standard InChI is InChI=1S/C19H26N4O/c1-4-20-19(23-15(2)3)22-13-16-8-10-18(11-9-16)24-14-17-7-5-6-12-21-17/h5-12,15H,4,13-14H2,1-3H3,(H2,20,22,23). The first-order valence-electron chi connectivity index (χ1n) is 8.34. The number of hydrogen-bond acceptors (Lipinski definition) is 3. The van der Waals surface area contributed by atoms with Gasteiger partial charge in [0, 0.05) is 18.8 Å². The fraction of sp³-hybridized carbons (Fsp3) is 0.368. The molecule has 1 aromatic heterocycles. The van der Waals surface area contributed by atoms with Gasteiger partial charge in [-0.2, -0.15) is 0 Å². The first-order chi connectivity index (χ1) is 11.7. The number of benzene rings is 1. The van der Waals surface area contributed by atoms with Gasteiger partial charge >= 0.3 is 0 Å². The van der Waals surface area contributed by atoms with Gasteiger partial charge in [0.2, 0.25) is 0 Å². The summed E-state index contributed by atoms with van der Waals surface area (Å²) in [6.07, 6.45) is 1.77. The molecule has 1 heterocycles. The molecule has 2 N–H and O–H groups in total. The second-order valence-electron chi connectivity index (χ2n) is 5.75. The Bertz CT molecular complexity index is 624. The normalized spacial score (nSPS) is 11.4. The van der Waals surface area contributed by atoms with Crippen molar-refractivity contribution in [3.8, 4) is 5.75 Å². The van der Waals surface area contributed by atoms with E-state index in [4.69, 9.17) is 4.74 Å². The molecule has 1 aromatic carbocycles. The summed E-state index contributed by atoms with van der Waals surface area (Å²) in [5.74, 6) is 1.67. The zero-order valence-electron chi connectivity index (χ0n) is 14.6. The van der Waals surface area contributed by atoms with E-state index in [1.54, 1.807) is 6.20 Å². The molecule has 24 heavy (non-hydrogen) atoms. The Morgan fingerprint density at radius 3 is 2.58 bits per heavy atom. The highest BCUT2D eigenvalue weighted by atomic mass is 16.5. The van der Waals surface area contributed by atoms with Crippen LogP contribution in [-0.2, 0) is 13.2 Å². The van der Waals surface area contributed by atoms with Crippen molar-refractivity contribution in [3.05, 3.63) is 59.9 Å². The van der Waals surface area contributed by atoms with Crippen molar-refractivity contribution in [1.29, 1.82) is 0 Å². The molecule has 0 radical (unpaired) electrons. The van der Waals surface area contributed by atoms with E-state index >= 15 is 0 Å². The third-order valence-corrected chi connectivity index (χ3v) is 3.23. The molecule has 0 fully saturated rings. The Morgan fingerprint density at radius 1 is 1.17 bits per heavy atom. The molecule has 0 spiro atoms. The number of aliphatic imine (C=N–C) groups is 1. The van der Waals surface area contributed by atoms with Gasteiger partial charge in [-0.1, -0.05) is 18.2 Å². The molecule has 0 bridgehead atoms. The van der Waals surface area contributed by atoms with Crippen LogP contribution >= 0.6 is 0 Å². The van der Waals surface area contributed by atoms with E-state index in [0.29, 0.717) is 19.2 Å². The topological polar surface area (TPSA) is 58.5 Å². The van der Waals surface area contributed by atoms with Gasteiger partial charge in [0.1, 0.15) is 12.4 Å². The number of nitrogens with zero attached hydrogens (tertiary/aromatic N) is 2. The highest BCUT2D eigenvalue weighted by Gasteiger charge is 2.01. The van der Waals surface area contributed by atoms with Crippen molar-refractivity contribution < 1.29 is 4.74 Å². The van der Waals surface area contributed by atoms with Crippen LogP contribution in [-0.4, -0.2) is 23.5 Å². The second kappa shape index (κ2) is 9.55. The number of pyridine rings is 1. The molecule has 2 aromatic rings. The van der Waals surface area contributed by atoms with Gasteiger partial charge in [-0.05, 0) is 50.6 Å². The summed E-state index contributed by atoms with van der Waals surface area (Å²) in [5, 5.41) is 6.55. The summed E-state index contributed by atoms with van der Waals surface area (Å²) >= 11 is 0. The molecular weight excluding hydrogens is 300 g/mol. The van der Waals surface area contributed by atoms with E-state index in [1.807, 2.05) is 42.5 Å². The van der Waals surface area contributed by atoms with Crippen molar-refractivity contribution in [3.63, 3.8) is 0 Å². The Kier molecular flexibility index (Phi) is 7.08. The van der Waals surface area contributed by atoms with Crippen molar-refractivity contribution >= 4 is 5.96 Å². The third kappa shape index (κ3) is 6.28. The zero-order valence-corrected chi connectivity index (χ0v) is 14.6. The van der Waals surface area contributed by atoms with Crippen LogP contribution in [0.2, 0.25) is 0 Å². The molecule has 0 unspecified atom stereocenters. The van der Waals surface area contributed by atoms with Crippen LogP contribution in [0, 0.1) is 0 Å². The number of guanidine groups is 1. The van der Waals surface area contributed by atoms with Crippen LogP contribution in [0.15, 0.2) is 53.7 Å². The number of rotatable bonds is 7. The predicted molar refractivity (Wildman–Crippen MR) is 98.1 cm³/mol. The van der Waals surface area contributed by atoms with Crippen molar-refractivity contribution in [2.45, 2.75) is 40.0 Å². The molecule has 0 saturated carbocycles. The summed E-state index contributed by atoms with van der Waals surface area (Å²) in [6, 6.07) is 14.2. The fourth-order valence-electron chi connectivity index (χ4n) is 2.10. The SMILES string of the molecule is CCNC(=NCc1ccc(OCc2ccccn2)cc1)NC(C)C. The smallest absolute Gasteiger partial charge is 0.191 e. The minimum atomic E-state index is 0.352. The van der Waals surface area contributed by atoms with E-state index in [9.17, 15) is 0 Å². The summed E-state index contributed by atoms with van der Waals surface area (Å²) in [4.78, 5) is 8.84. The fourth-order valence-corrected chi connectivity index (χ4v) is 2.10. The van der Waals surface area contributed by atoms with E-state index < -0.39 is 0 Å². The van der Waals surface area contributed by atoms with Crippen molar-refractivity contribution in [1.82, 2.24) is 15.6 Å². The maximum Gasteiger partial charge on any atom is 0.191 e. The first kappa shape index (κ1) is 17.8. The van der Waals surface area contributed by atoms with Gasteiger partial charge < -0.3 is 15.4 Å². The second-order valence-corrected chi connectivity index (χ2v) is 5.75. The lowest BCUT2D eigenvalue weighted by Crippen LogP contribution is -2.40. The van der Waals surface area contributed by atoms with E-state index in [2.05, 4.69) is 41.4 Å². The third-order valence-electron chi connectivity index (χ3n) is 3.23. The van der Waals surface area contributed by atoms with Crippen LogP contribution < -0.4 is 15.4 Å². The molecule has 0 saturated heterocycles. The number of aromatic nitrogens is 1. The molecule has 0 amide bonds. The average Bonchev–Trinajstić information content (AvgIpc) is 2.59. The van der Waals surface area contributed by atoms with Crippen LogP contribution in [0.1, 0.15) is 32.0 Å². The Balaban J connectivity index is 1.88. The summed E-state index contributed by atoms with van der Waals surface area (Å²) < 4.78 is 5.74. The van der Waals surface area contributed by atoms with Gasteiger partial charge in [-0.25, -0.2) is 4.99 Å².